The van der Waals surface area contributed by atoms with E-state index in [1.165, 1.54) is 7.11 Å². The molecular weight excluding hydrogens is 132 g/mol. The van der Waals surface area contributed by atoms with Crippen molar-refractivity contribution < 1.29 is 14.3 Å². The molecule has 0 aromatic heterocycles. The molecule has 0 aromatic rings. The van der Waals surface area contributed by atoms with Crippen LogP contribution in [0.3, 0.4) is 0 Å². The SMILES string of the molecule is C/C=C(\C)COC(=O)OC. The molecule has 0 N–H and O–H groups in total. The number of carbonyl (C=O) groups excluding carboxylic acids is 1. The molecule has 0 aliphatic carbocycles. The van der Waals surface area contributed by atoms with Gasteiger partial charge >= 0.3 is 6.16 Å². The molecule has 0 spiro atoms. The second-order valence-corrected chi connectivity index (χ2v) is 1.88. The zero-order chi connectivity index (χ0) is 7.98. The summed E-state index contributed by atoms with van der Waals surface area (Å²) in [6.07, 6.45) is 1.24. The predicted octanol–water partition coefficient (Wildman–Crippen LogP) is 1.74. The van der Waals surface area contributed by atoms with Gasteiger partial charge in [0.1, 0.15) is 6.61 Å². The summed E-state index contributed by atoms with van der Waals surface area (Å²) in [5, 5.41) is 0. The van der Waals surface area contributed by atoms with E-state index in [4.69, 9.17) is 0 Å². The Bertz CT molecular complexity index is 138. The minimum Gasteiger partial charge on any atom is -0.438 e. The van der Waals surface area contributed by atoms with Crippen molar-refractivity contribution in [3.63, 3.8) is 0 Å². The Labute approximate surface area is 60.6 Å². The number of hydrogen-bond donors (Lipinski definition) is 0. The van der Waals surface area contributed by atoms with Gasteiger partial charge in [-0.2, -0.15) is 0 Å². The normalized spacial score (nSPS) is 10.9. The maximum absolute atomic E-state index is 10.4. The van der Waals surface area contributed by atoms with E-state index in [-0.39, 0.29) is 0 Å². The highest BCUT2D eigenvalue weighted by molar-refractivity contribution is 5.59. The third-order valence-corrected chi connectivity index (χ3v) is 1.08. The summed E-state index contributed by atoms with van der Waals surface area (Å²) in [4.78, 5) is 10.4. The van der Waals surface area contributed by atoms with Crippen molar-refractivity contribution in [2.45, 2.75) is 13.8 Å². The molecule has 10 heavy (non-hydrogen) atoms. The topological polar surface area (TPSA) is 35.5 Å². The highest BCUT2D eigenvalue weighted by atomic mass is 16.7. The maximum atomic E-state index is 10.4. The van der Waals surface area contributed by atoms with Crippen LogP contribution in [0.1, 0.15) is 13.8 Å². The van der Waals surface area contributed by atoms with Crippen molar-refractivity contribution in [1.29, 1.82) is 0 Å². The molecule has 0 radical (unpaired) electrons. The first-order valence-corrected chi connectivity index (χ1v) is 3.03. The van der Waals surface area contributed by atoms with Gasteiger partial charge in [-0.1, -0.05) is 6.08 Å². The molecule has 0 unspecified atom stereocenters. The van der Waals surface area contributed by atoms with E-state index in [9.17, 15) is 4.79 Å². The van der Waals surface area contributed by atoms with Crippen LogP contribution in [0.2, 0.25) is 0 Å². The molecule has 0 rings (SSSR count). The smallest absolute Gasteiger partial charge is 0.438 e. The van der Waals surface area contributed by atoms with Gasteiger partial charge in [-0.25, -0.2) is 4.79 Å². The lowest BCUT2D eigenvalue weighted by Gasteiger charge is -2.01. The molecule has 0 heterocycles. The molecule has 0 aromatic carbocycles. The number of ether oxygens (including phenoxy) is 2. The monoisotopic (exact) mass is 144 g/mol. The molecule has 0 aliphatic rings. The molecule has 0 aliphatic heterocycles. The van der Waals surface area contributed by atoms with Crippen LogP contribution in [-0.4, -0.2) is 19.9 Å². The van der Waals surface area contributed by atoms with E-state index in [1.807, 2.05) is 19.9 Å². The Balaban J connectivity index is 3.45. The largest absolute Gasteiger partial charge is 0.508 e. The maximum Gasteiger partial charge on any atom is 0.508 e. The fraction of sp³-hybridized carbons (Fsp3) is 0.571. The fourth-order valence-electron chi connectivity index (χ4n) is 0.315. The van der Waals surface area contributed by atoms with Gasteiger partial charge in [-0.15, -0.1) is 0 Å². The average Bonchev–Trinajstić information content (AvgIpc) is 1.99. The molecule has 0 fully saturated rings. The standard InChI is InChI=1S/C7H12O3/c1-4-6(2)5-10-7(8)9-3/h4H,5H2,1-3H3/b6-4+. The predicted molar refractivity (Wildman–Crippen MR) is 37.8 cm³/mol. The summed E-state index contributed by atoms with van der Waals surface area (Å²) in [6, 6.07) is 0. The summed E-state index contributed by atoms with van der Waals surface area (Å²) in [6.45, 7) is 4.07. The van der Waals surface area contributed by atoms with Crippen LogP contribution in [0.5, 0.6) is 0 Å². The van der Waals surface area contributed by atoms with Crippen LogP contribution in [0, 0.1) is 0 Å². The van der Waals surface area contributed by atoms with E-state index in [2.05, 4.69) is 9.47 Å². The lowest BCUT2D eigenvalue weighted by Crippen LogP contribution is -2.05. The zero-order valence-corrected chi connectivity index (χ0v) is 6.51. The van der Waals surface area contributed by atoms with Crippen molar-refractivity contribution in [1.82, 2.24) is 0 Å². The molecular formula is C7H12O3. The van der Waals surface area contributed by atoms with E-state index < -0.39 is 6.16 Å². The number of carbonyl (C=O) groups is 1. The molecule has 58 valence electrons. The number of hydrogen-bond acceptors (Lipinski definition) is 3. The Morgan fingerprint density at radius 3 is 2.60 bits per heavy atom. The average molecular weight is 144 g/mol. The molecule has 0 saturated heterocycles. The van der Waals surface area contributed by atoms with E-state index in [0.717, 1.165) is 5.57 Å². The first-order valence-electron chi connectivity index (χ1n) is 3.03. The third-order valence-electron chi connectivity index (χ3n) is 1.08. The van der Waals surface area contributed by atoms with Gasteiger partial charge in [0.25, 0.3) is 0 Å². The summed E-state index contributed by atoms with van der Waals surface area (Å²) in [7, 11) is 1.29. The number of allylic oxidation sites excluding steroid dienone is 1. The van der Waals surface area contributed by atoms with Gasteiger partial charge in [0.2, 0.25) is 0 Å². The van der Waals surface area contributed by atoms with Crippen molar-refractivity contribution in [2.75, 3.05) is 13.7 Å². The van der Waals surface area contributed by atoms with Crippen LogP contribution in [0.25, 0.3) is 0 Å². The first kappa shape index (κ1) is 9.01. The molecule has 0 saturated carbocycles. The summed E-state index contributed by atoms with van der Waals surface area (Å²) >= 11 is 0. The van der Waals surface area contributed by atoms with Crippen LogP contribution in [-0.2, 0) is 9.47 Å². The second-order valence-electron chi connectivity index (χ2n) is 1.88. The zero-order valence-electron chi connectivity index (χ0n) is 6.51. The quantitative estimate of drug-likeness (QED) is 0.437. The number of methoxy groups -OCH3 is 1. The highest BCUT2D eigenvalue weighted by Gasteiger charge is 1.98. The number of rotatable bonds is 2. The highest BCUT2D eigenvalue weighted by Crippen LogP contribution is 1.93. The minimum atomic E-state index is -0.638. The summed E-state index contributed by atoms with van der Waals surface area (Å²) < 4.78 is 8.87. The van der Waals surface area contributed by atoms with Crippen LogP contribution >= 0.6 is 0 Å². The van der Waals surface area contributed by atoms with Crippen LogP contribution < -0.4 is 0 Å². The molecule has 0 amide bonds. The van der Waals surface area contributed by atoms with Crippen LogP contribution in [0.15, 0.2) is 11.6 Å². The van der Waals surface area contributed by atoms with Crippen molar-refractivity contribution in [3.8, 4) is 0 Å². The van der Waals surface area contributed by atoms with Gasteiger partial charge in [0.15, 0.2) is 0 Å². The fourth-order valence-corrected chi connectivity index (χ4v) is 0.315. The molecule has 3 nitrogen and oxygen atoms in total. The van der Waals surface area contributed by atoms with E-state index >= 15 is 0 Å². The molecule has 0 bridgehead atoms. The second kappa shape index (κ2) is 4.85. The lowest BCUT2D eigenvalue weighted by atomic mass is 10.3. The summed E-state index contributed by atoms with van der Waals surface area (Å²) in [5.74, 6) is 0. The van der Waals surface area contributed by atoms with E-state index in [0.29, 0.717) is 6.61 Å². The van der Waals surface area contributed by atoms with Crippen molar-refractivity contribution >= 4 is 6.16 Å². The summed E-state index contributed by atoms with van der Waals surface area (Å²) in [5.41, 5.74) is 1.00. The molecule has 3 heteroatoms. The van der Waals surface area contributed by atoms with E-state index in [1.54, 1.807) is 0 Å². The Kier molecular flexibility index (Phi) is 4.37. The van der Waals surface area contributed by atoms with Gasteiger partial charge in [-0.05, 0) is 19.4 Å². The third kappa shape index (κ3) is 3.95. The minimum absolute atomic E-state index is 0.309. The van der Waals surface area contributed by atoms with Crippen molar-refractivity contribution in [3.05, 3.63) is 11.6 Å². The van der Waals surface area contributed by atoms with Gasteiger partial charge in [0.05, 0.1) is 7.11 Å². The van der Waals surface area contributed by atoms with Crippen molar-refractivity contribution in [2.24, 2.45) is 0 Å². The molecule has 0 atom stereocenters. The lowest BCUT2D eigenvalue weighted by molar-refractivity contribution is 0.0798. The van der Waals surface area contributed by atoms with Gasteiger partial charge < -0.3 is 9.47 Å². The Morgan fingerprint density at radius 2 is 2.20 bits per heavy atom. The Hall–Kier alpha value is -0.990. The van der Waals surface area contributed by atoms with Gasteiger partial charge in [-0.3, -0.25) is 0 Å². The first-order chi connectivity index (χ1) is 4.70. The van der Waals surface area contributed by atoms with Crippen LogP contribution in [0.4, 0.5) is 4.79 Å². The van der Waals surface area contributed by atoms with Gasteiger partial charge in [0, 0.05) is 0 Å². The Morgan fingerprint density at radius 1 is 1.60 bits per heavy atom.